The number of amides is 2. The van der Waals surface area contributed by atoms with Gasteiger partial charge < -0.3 is 9.30 Å². The van der Waals surface area contributed by atoms with E-state index in [0.29, 0.717) is 16.7 Å². The third-order valence-electron chi connectivity index (χ3n) is 5.06. The molecule has 0 N–H and O–H groups in total. The molecular weight excluding hydrogens is 368 g/mol. The van der Waals surface area contributed by atoms with Crippen molar-refractivity contribution in [2.45, 2.75) is 13.8 Å². The van der Waals surface area contributed by atoms with Crippen LogP contribution in [0.2, 0.25) is 0 Å². The Morgan fingerprint density at radius 2 is 1.38 bits per heavy atom. The molecule has 6 heteroatoms. The van der Waals surface area contributed by atoms with Gasteiger partial charge in [-0.05, 0) is 62.4 Å². The van der Waals surface area contributed by atoms with Gasteiger partial charge in [-0.1, -0.05) is 12.1 Å². The van der Waals surface area contributed by atoms with E-state index >= 15 is 0 Å². The highest BCUT2D eigenvalue weighted by Crippen LogP contribution is 2.22. The first-order valence-corrected chi connectivity index (χ1v) is 9.35. The number of hydrogen-bond acceptors (Lipinski definition) is 4. The summed E-state index contributed by atoms with van der Waals surface area (Å²) in [5, 5.41) is 0. The first-order valence-electron chi connectivity index (χ1n) is 9.35. The Balaban J connectivity index is 1.37. The van der Waals surface area contributed by atoms with Crippen molar-refractivity contribution in [1.82, 2.24) is 9.47 Å². The van der Waals surface area contributed by atoms with Gasteiger partial charge in [0.15, 0.2) is 0 Å². The lowest BCUT2D eigenvalue weighted by molar-refractivity contribution is 0.0420. The highest BCUT2D eigenvalue weighted by Gasteiger charge is 2.34. The molecule has 29 heavy (non-hydrogen) atoms. The number of hydrogen-bond donors (Lipinski definition) is 0. The maximum Gasteiger partial charge on any atom is 0.338 e. The number of esters is 1. The standard InChI is InChI=1S/C23H20N2O4/c1-15-7-8-16(2)25(15)18-11-9-17(10-12-18)23(28)29-14-13-24-21(26)19-5-3-4-6-20(19)22(24)27/h3-12H,13-14H2,1-2H3. The van der Waals surface area contributed by atoms with E-state index in [-0.39, 0.29) is 25.0 Å². The van der Waals surface area contributed by atoms with Gasteiger partial charge in [-0.2, -0.15) is 0 Å². The third-order valence-corrected chi connectivity index (χ3v) is 5.06. The zero-order valence-electron chi connectivity index (χ0n) is 16.2. The predicted octanol–water partition coefficient (Wildman–Crippen LogP) is 3.55. The van der Waals surface area contributed by atoms with E-state index in [1.807, 2.05) is 38.1 Å². The number of carbonyl (C=O) groups excluding carboxylic acids is 3. The van der Waals surface area contributed by atoms with Gasteiger partial charge in [0.05, 0.1) is 23.2 Å². The highest BCUT2D eigenvalue weighted by atomic mass is 16.5. The van der Waals surface area contributed by atoms with Crippen molar-refractivity contribution in [2.75, 3.05) is 13.2 Å². The molecule has 1 aliphatic heterocycles. The van der Waals surface area contributed by atoms with Crippen LogP contribution in [0.3, 0.4) is 0 Å². The van der Waals surface area contributed by atoms with Gasteiger partial charge in [0.1, 0.15) is 6.61 Å². The fourth-order valence-electron chi connectivity index (χ4n) is 3.58. The van der Waals surface area contributed by atoms with Crippen molar-refractivity contribution in [2.24, 2.45) is 0 Å². The summed E-state index contributed by atoms with van der Waals surface area (Å²) in [5.41, 5.74) is 4.37. The maximum atomic E-state index is 12.3. The van der Waals surface area contributed by atoms with Crippen LogP contribution in [0.25, 0.3) is 5.69 Å². The van der Waals surface area contributed by atoms with Crippen LogP contribution in [0.15, 0.2) is 60.7 Å². The maximum absolute atomic E-state index is 12.3. The molecule has 0 radical (unpaired) electrons. The molecule has 1 aliphatic rings. The van der Waals surface area contributed by atoms with Gasteiger partial charge in [-0.15, -0.1) is 0 Å². The number of ether oxygens (including phenoxy) is 1. The molecule has 3 aromatic rings. The number of fused-ring (bicyclic) bond motifs is 1. The van der Waals surface area contributed by atoms with Crippen molar-refractivity contribution < 1.29 is 19.1 Å². The molecule has 0 saturated carbocycles. The predicted molar refractivity (Wildman–Crippen MR) is 107 cm³/mol. The van der Waals surface area contributed by atoms with E-state index < -0.39 is 5.97 Å². The normalized spacial score (nSPS) is 13.0. The minimum absolute atomic E-state index is 0.0257. The average Bonchev–Trinajstić information content (AvgIpc) is 3.19. The Labute approximate surface area is 168 Å². The number of aromatic nitrogens is 1. The number of imide groups is 1. The number of nitrogens with zero attached hydrogens (tertiary/aromatic N) is 2. The van der Waals surface area contributed by atoms with E-state index in [1.165, 1.54) is 0 Å². The summed E-state index contributed by atoms with van der Waals surface area (Å²) in [6.07, 6.45) is 0. The first kappa shape index (κ1) is 18.7. The topological polar surface area (TPSA) is 68.6 Å². The van der Waals surface area contributed by atoms with Crippen LogP contribution in [0, 0.1) is 13.8 Å². The summed E-state index contributed by atoms with van der Waals surface area (Å²) in [4.78, 5) is 38.1. The average molecular weight is 388 g/mol. The zero-order valence-corrected chi connectivity index (χ0v) is 16.2. The second-order valence-electron chi connectivity index (χ2n) is 6.94. The lowest BCUT2D eigenvalue weighted by Gasteiger charge is -2.14. The Kier molecular flexibility index (Phi) is 4.76. The van der Waals surface area contributed by atoms with Gasteiger partial charge in [-0.3, -0.25) is 14.5 Å². The highest BCUT2D eigenvalue weighted by molar-refractivity contribution is 6.21. The van der Waals surface area contributed by atoms with Crippen molar-refractivity contribution in [3.8, 4) is 5.69 Å². The fourth-order valence-corrected chi connectivity index (χ4v) is 3.58. The van der Waals surface area contributed by atoms with E-state index in [2.05, 4.69) is 4.57 Å². The fraction of sp³-hybridized carbons (Fsp3) is 0.174. The minimum Gasteiger partial charge on any atom is -0.460 e. The summed E-state index contributed by atoms with van der Waals surface area (Å²) in [6.45, 7) is 4.02. The summed E-state index contributed by atoms with van der Waals surface area (Å²) in [6, 6.07) is 17.9. The molecule has 0 saturated heterocycles. The molecule has 4 rings (SSSR count). The van der Waals surface area contributed by atoms with E-state index in [4.69, 9.17) is 4.74 Å². The number of aryl methyl sites for hydroxylation is 2. The SMILES string of the molecule is Cc1ccc(C)n1-c1ccc(C(=O)OCCN2C(=O)c3ccccc3C2=O)cc1. The van der Waals surface area contributed by atoms with E-state index in [9.17, 15) is 14.4 Å². The van der Waals surface area contributed by atoms with Crippen molar-refractivity contribution in [3.63, 3.8) is 0 Å². The van der Waals surface area contributed by atoms with Crippen LogP contribution in [-0.2, 0) is 4.74 Å². The molecule has 2 aromatic carbocycles. The van der Waals surface area contributed by atoms with E-state index in [1.54, 1.807) is 36.4 Å². The molecule has 0 fully saturated rings. The largest absolute Gasteiger partial charge is 0.460 e. The molecule has 146 valence electrons. The summed E-state index contributed by atoms with van der Waals surface area (Å²) < 4.78 is 7.37. The van der Waals surface area contributed by atoms with Gasteiger partial charge in [0, 0.05) is 17.1 Å². The van der Waals surface area contributed by atoms with Crippen LogP contribution in [0.4, 0.5) is 0 Å². The Morgan fingerprint density at radius 3 is 1.93 bits per heavy atom. The Hall–Kier alpha value is -3.67. The number of benzene rings is 2. The second kappa shape index (κ2) is 7.39. The molecular formula is C23H20N2O4. The summed E-state index contributed by atoms with van der Waals surface area (Å²) in [7, 11) is 0. The number of rotatable bonds is 5. The van der Waals surface area contributed by atoms with Crippen molar-refractivity contribution in [3.05, 3.63) is 88.7 Å². The van der Waals surface area contributed by atoms with Crippen molar-refractivity contribution in [1.29, 1.82) is 0 Å². The van der Waals surface area contributed by atoms with Gasteiger partial charge in [-0.25, -0.2) is 4.79 Å². The number of carbonyl (C=O) groups is 3. The lowest BCUT2D eigenvalue weighted by atomic mass is 10.1. The Morgan fingerprint density at radius 1 is 0.828 bits per heavy atom. The summed E-state index contributed by atoms with van der Waals surface area (Å²) in [5.74, 6) is -1.21. The third kappa shape index (κ3) is 3.33. The molecule has 0 bridgehead atoms. The van der Waals surface area contributed by atoms with Crippen LogP contribution >= 0.6 is 0 Å². The molecule has 2 heterocycles. The smallest absolute Gasteiger partial charge is 0.338 e. The lowest BCUT2D eigenvalue weighted by Crippen LogP contribution is -2.33. The first-order chi connectivity index (χ1) is 14.0. The van der Waals surface area contributed by atoms with E-state index in [0.717, 1.165) is 22.0 Å². The molecule has 0 aliphatic carbocycles. The molecule has 0 unspecified atom stereocenters. The summed E-state index contributed by atoms with van der Waals surface area (Å²) >= 11 is 0. The molecule has 6 nitrogen and oxygen atoms in total. The van der Waals surface area contributed by atoms with Gasteiger partial charge in [0.2, 0.25) is 0 Å². The second-order valence-corrected chi connectivity index (χ2v) is 6.94. The Bertz CT molecular complexity index is 1060. The van der Waals surface area contributed by atoms with Crippen LogP contribution < -0.4 is 0 Å². The molecule has 0 spiro atoms. The zero-order chi connectivity index (χ0) is 20.5. The molecule has 1 aromatic heterocycles. The monoisotopic (exact) mass is 388 g/mol. The molecule has 2 amide bonds. The van der Waals surface area contributed by atoms with Gasteiger partial charge >= 0.3 is 5.97 Å². The van der Waals surface area contributed by atoms with Crippen molar-refractivity contribution >= 4 is 17.8 Å². The quantitative estimate of drug-likeness (QED) is 0.495. The minimum atomic E-state index is -0.492. The van der Waals surface area contributed by atoms with Crippen LogP contribution in [-0.4, -0.2) is 40.4 Å². The van der Waals surface area contributed by atoms with Crippen LogP contribution in [0.5, 0.6) is 0 Å². The van der Waals surface area contributed by atoms with Crippen LogP contribution in [0.1, 0.15) is 42.5 Å². The van der Waals surface area contributed by atoms with Gasteiger partial charge in [0.25, 0.3) is 11.8 Å². The molecule has 0 atom stereocenters.